The van der Waals surface area contributed by atoms with Crippen molar-refractivity contribution in [2.75, 3.05) is 26.2 Å². The molecule has 0 aliphatic carbocycles. The van der Waals surface area contributed by atoms with E-state index in [1.165, 1.54) is 12.8 Å². The molecule has 1 atom stereocenters. The van der Waals surface area contributed by atoms with E-state index in [-0.39, 0.29) is 13.0 Å². The van der Waals surface area contributed by atoms with Gasteiger partial charge in [0.25, 0.3) is 0 Å². The Bertz CT molecular complexity index is 499. The van der Waals surface area contributed by atoms with Gasteiger partial charge in [-0.3, -0.25) is 4.99 Å². The molecule has 0 fully saturated rings. The molecule has 3 nitrogen and oxygen atoms in total. The van der Waals surface area contributed by atoms with Crippen molar-refractivity contribution in [1.29, 1.82) is 0 Å². The van der Waals surface area contributed by atoms with Gasteiger partial charge in [0.15, 0.2) is 0 Å². The van der Waals surface area contributed by atoms with Crippen molar-refractivity contribution in [1.82, 2.24) is 4.90 Å². The molecule has 170 valence electrons. The number of aliphatic imine (C=N–C) groups is 1. The zero-order valence-electron chi connectivity index (χ0n) is 19.0. The lowest BCUT2D eigenvalue weighted by Gasteiger charge is -2.24. The molecule has 0 radical (unpaired) electrons. The van der Waals surface area contributed by atoms with Crippen LogP contribution in [0.3, 0.4) is 0 Å². The minimum atomic E-state index is -4.24. The summed E-state index contributed by atoms with van der Waals surface area (Å²) >= 11 is 0. The van der Waals surface area contributed by atoms with Crippen LogP contribution in [0.1, 0.15) is 79.6 Å². The van der Waals surface area contributed by atoms with Crippen molar-refractivity contribution < 1.29 is 17.9 Å². The van der Waals surface area contributed by atoms with Crippen molar-refractivity contribution >= 4 is 5.84 Å². The zero-order valence-corrected chi connectivity index (χ0v) is 19.0. The molecular weight excluding hydrogens is 377 g/mol. The van der Waals surface area contributed by atoms with Crippen LogP contribution in [-0.2, 0) is 4.74 Å². The summed E-state index contributed by atoms with van der Waals surface area (Å²) in [7, 11) is 0. The molecular formula is C23H41F3N2O. The quantitative estimate of drug-likeness (QED) is 0.0927. The summed E-state index contributed by atoms with van der Waals surface area (Å²) in [6.07, 6.45) is 7.36. The Labute approximate surface area is 176 Å². The Hall–Kier alpha value is -1.46. The number of halogens is 3. The fourth-order valence-electron chi connectivity index (χ4n) is 2.97. The lowest BCUT2D eigenvalue weighted by Crippen LogP contribution is -2.32. The molecule has 0 aliphatic heterocycles. The second-order valence-electron chi connectivity index (χ2n) is 7.38. The van der Waals surface area contributed by atoms with Gasteiger partial charge in [-0.15, -0.1) is 0 Å². The number of hydrogen-bond donors (Lipinski definition) is 0. The molecule has 0 bridgehead atoms. The van der Waals surface area contributed by atoms with Crippen LogP contribution in [-0.4, -0.2) is 43.2 Å². The molecule has 0 rings (SSSR count). The first-order chi connectivity index (χ1) is 13.8. The second-order valence-corrected chi connectivity index (χ2v) is 7.38. The van der Waals surface area contributed by atoms with Gasteiger partial charge in [-0.25, -0.2) is 0 Å². The Morgan fingerprint density at radius 1 is 1.10 bits per heavy atom. The van der Waals surface area contributed by atoms with Crippen molar-refractivity contribution in [3.05, 3.63) is 24.0 Å². The maximum absolute atomic E-state index is 13.4. The SMILES string of the molecule is C/C=C\C/C=C(\C)OCCCC(C/N=C(\C)N(CC)CCCCCC)C(F)(F)F. The van der Waals surface area contributed by atoms with E-state index < -0.39 is 12.1 Å². The molecule has 0 N–H and O–H groups in total. The van der Waals surface area contributed by atoms with Crippen LogP contribution < -0.4 is 0 Å². The number of rotatable bonds is 15. The second kappa shape index (κ2) is 16.3. The molecule has 0 aliphatic rings. The first-order valence-electron chi connectivity index (χ1n) is 11.0. The number of hydrogen-bond acceptors (Lipinski definition) is 2. The van der Waals surface area contributed by atoms with Crippen LogP contribution in [0.4, 0.5) is 13.2 Å². The van der Waals surface area contributed by atoms with Gasteiger partial charge >= 0.3 is 6.18 Å². The van der Waals surface area contributed by atoms with Crippen molar-refractivity contribution in [3.63, 3.8) is 0 Å². The molecule has 0 spiro atoms. The Kier molecular flexibility index (Phi) is 15.5. The van der Waals surface area contributed by atoms with Gasteiger partial charge in [0, 0.05) is 13.1 Å². The van der Waals surface area contributed by atoms with Gasteiger partial charge in [0.2, 0.25) is 0 Å². The van der Waals surface area contributed by atoms with Crippen LogP contribution in [0.15, 0.2) is 29.0 Å². The molecule has 6 heteroatoms. The highest BCUT2D eigenvalue weighted by Gasteiger charge is 2.38. The third-order valence-electron chi connectivity index (χ3n) is 4.93. The predicted molar refractivity (Wildman–Crippen MR) is 117 cm³/mol. The number of allylic oxidation sites excluding steroid dienone is 4. The summed E-state index contributed by atoms with van der Waals surface area (Å²) in [5, 5.41) is 0. The summed E-state index contributed by atoms with van der Waals surface area (Å²) in [5.41, 5.74) is 0. The lowest BCUT2D eigenvalue weighted by molar-refractivity contribution is -0.173. The van der Waals surface area contributed by atoms with Gasteiger partial charge < -0.3 is 9.64 Å². The maximum atomic E-state index is 13.4. The normalized spacial score (nSPS) is 14.5. The van der Waals surface area contributed by atoms with Crippen LogP contribution in [0.25, 0.3) is 0 Å². The van der Waals surface area contributed by atoms with E-state index in [1.54, 1.807) is 0 Å². The first-order valence-corrected chi connectivity index (χ1v) is 11.0. The highest BCUT2D eigenvalue weighted by atomic mass is 19.4. The third kappa shape index (κ3) is 14.2. The van der Waals surface area contributed by atoms with Crippen LogP contribution in [0.5, 0.6) is 0 Å². The maximum Gasteiger partial charge on any atom is 0.393 e. The minimum absolute atomic E-state index is 0.0328. The largest absolute Gasteiger partial charge is 0.499 e. The van der Waals surface area contributed by atoms with E-state index in [0.717, 1.165) is 38.1 Å². The molecule has 0 saturated carbocycles. The number of unbranched alkanes of at least 4 members (excludes halogenated alkanes) is 3. The molecule has 0 aromatic heterocycles. The zero-order chi connectivity index (χ0) is 22.1. The number of alkyl halides is 3. The Morgan fingerprint density at radius 2 is 1.83 bits per heavy atom. The van der Waals surface area contributed by atoms with Gasteiger partial charge in [-0.05, 0) is 59.5 Å². The summed E-state index contributed by atoms with van der Waals surface area (Å²) in [6.45, 7) is 11.5. The van der Waals surface area contributed by atoms with Crippen LogP contribution >= 0.6 is 0 Å². The molecule has 0 heterocycles. The van der Waals surface area contributed by atoms with E-state index >= 15 is 0 Å². The Balaban J connectivity index is 4.56. The molecule has 29 heavy (non-hydrogen) atoms. The third-order valence-corrected chi connectivity index (χ3v) is 4.93. The highest BCUT2D eigenvalue weighted by molar-refractivity contribution is 5.79. The lowest BCUT2D eigenvalue weighted by atomic mass is 10.0. The molecule has 0 aromatic carbocycles. The summed E-state index contributed by atoms with van der Waals surface area (Å²) in [6, 6.07) is 0. The Morgan fingerprint density at radius 3 is 2.41 bits per heavy atom. The first kappa shape index (κ1) is 27.5. The van der Waals surface area contributed by atoms with Gasteiger partial charge in [0.1, 0.15) is 0 Å². The highest BCUT2D eigenvalue weighted by Crippen LogP contribution is 2.30. The van der Waals surface area contributed by atoms with Crippen molar-refractivity contribution in [2.45, 2.75) is 85.7 Å². The van der Waals surface area contributed by atoms with Crippen LogP contribution in [0, 0.1) is 5.92 Å². The number of amidine groups is 1. The monoisotopic (exact) mass is 418 g/mol. The van der Waals surface area contributed by atoms with E-state index in [2.05, 4.69) is 16.8 Å². The number of ether oxygens (including phenoxy) is 1. The molecule has 0 amide bonds. The van der Waals surface area contributed by atoms with Crippen LogP contribution in [0.2, 0.25) is 0 Å². The van der Waals surface area contributed by atoms with Crippen molar-refractivity contribution in [2.24, 2.45) is 10.9 Å². The minimum Gasteiger partial charge on any atom is -0.499 e. The van der Waals surface area contributed by atoms with Gasteiger partial charge in [0.05, 0.1) is 30.7 Å². The summed E-state index contributed by atoms with van der Waals surface area (Å²) < 4.78 is 45.7. The smallest absolute Gasteiger partial charge is 0.393 e. The fourth-order valence-corrected chi connectivity index (χ4v) is 2.97. The average molecular weight is 419 g/mol. The van der Waals surface area contributed by atoms with E-state index in [1.807, 2.05) is 45.9 Å². The topological polar surface area (TPSA) is 24.8 Å². The van der Waals surface area contributed by atoms with Gasteiger partial charge in [-0.1, -0.05) is 38.3 Å². The number of nitrogens with zero attached hydrogens (tertiary/aromatic N) is 2. The molecule has 0 aromatic rings. The average Bonchev–Trinajstić information content (AvgIpc) is 2.66. The van der Waals surface area contributed by atoms with E-state index in [9.17, 15) is 13.2 Å². The fraction of sp³-hybridized carbons (Fsp3) is 0.783. The summed E-state index contributed by atoms with van der Waals surface area (Å²) in [5.74, 6) is 0.0339. The van der Waals surface area contributed by atoms with E-state index in [4.69, 9.17) is 4.74 Å². The predicted octanol–water partition coefficient (Wildman–Crippen LogP) is 7.15. The molecule has 0 saturated heterocycles. The van der Waals surface area contributed by atoms with Crippen molar-refractivity contribution in [3.8, 4) is 0 Å². The standard InChI is InChI=1S/C23H41F3N2O/c1-6-9-11-13-17-28(8-3)21(5)27-19-22(23(24,25)26)16-14-18-29-20(4)15-12-10-7-2/h7,10,15,22H,6,8-9,11-14,16-19H2,1-5H3/b10-7-,20-15+,27-21+. The van der Waals surface area contributed by atoms with E-state index in [0.29, 0.717) is 18.9 Å². The summed E-state index contributed by atoms with van der Waals surface area (Å²) in [4.78, 5) is 6.36. The van der Waals surface area contributed by atoms with Gasteiger partial charge in [-0.2, -0.15) is 13.2 Å². The molecule has 1 unspecified atom stereocenters.